The van der Waals surface area contributed by atoms with Crippen LogP contribution in [0.15, 0.2) is 49.1 Å². The second-order valence-electron chi connectivity index (χ2n) is 6.50. The van der Waals surface area contributed by atoms with Crippen LogP contribution in [-0.4, -0.2) is 56.0 Å². The van der Waals surface area contributed by atoms with Crippen LogP contribution >= 0.6 is 0 Å². The van der Waals surface area contributed by atoms with Gasteiger partial charge in [0.05, 0.1) is 24.9 Å². The number of nitrogens with zero attached hydrogens (tertiary/aromatic N) is 4. The highest BCUT2D eigenvalue weighted by molar-refractivity contribution is 5.68. The molecule has 4 atom stereocenters. The number of rotatable bonds is 3. The third-order valence-electron chi connectivity index (χ3n) is 4.98. The monoisotopic (exact) mass is 356 g/mol. The van der Waals surface area contributed by atoms with E-state index in [1.54, 1.807) is 29.3 Å². The molecular formula is C18H17FN4O3. The summed E-state index contributed by atoms with van der Waals surface area (Å²) < 4.78 is 29.1. The Balaban J connectivity index is 1.60. The Morgan fingerprint density at radius 3 is 2.85 bits per heavy atom. The second-order valence-corrected chi connectivity index (χ2v) is 6.50. The predicted molar refractivity (Wildman–Crippen MR) is 89.3 cm³/mol. The van der Waals surface area contributed by atoms with Gasteiger partial charge >= 0.3 is 0 Å². The maximum atomic E-state index is 14.0. The van der Waals surface area contributed by atoms with Crippen molar-refractivity contribution in [1.29, 1.82) is 0 Å². The minimum atomic E-state index is -0.620. The first kappa shape index (κ1) is 15.7. The van der Waals surface area contributed by atoms with Gasteiger partial charge in [0.15, 0.2) is 0 Å². The third-order valence-corrected chi connectivity index (χ3v) is 4.98. The van der Waals surface area contributed by atoms with Gasteiger partial charge in [0.1, 0.15) is 30.0 Å². The lowest BCUT2D eigenvalue weighted by molar-refractivity contribution is 0.0172. The number of aliphatic hydroxyl groups excluding tert-OH is 1. The molecule has 0 aliphatic carbocycles. The minimum Gasteiger partial charge on any atom is -0.388 e. The van der Waals surface area contributed by atoms with Crippen LogP contribution in [0.3, 0.4) is 0 Å². The van der Waals surface area contributed by atoms with Gasteiger partial charge in [-0.15, -0.1) is 0 Å². The van der Waals surface area contributed by atoms with Crippen LogP contribution < -0.4 is 0 Å². The molecule has 1 N–H and O–H groups in total. The fourth-order valence-corrected chi connectivity index (χ4v) is 3.79. The summed E-state index contributed by atoms with van der Waals surface area (Å²) in [5.41, 5.74) is 1.35. The Hall–Kier alpha value is -2.55. The van der Waals surface area contributed by atoms with Gasteiger partial charge < -0.3 is 19.1 Å². The molecule has 4 heterocycles. The van der Waals surface area contributed by atoms with Crippen molar-refractivity contribution in [3.8, 4) is 17.1 Å². The number of aromatic nitrogens is 4. The van der Waals surface area contributed by atoms with E-state index >= 15 is 0 Å². The molecule has 5 rings (SSSR count). The molecule has 7 nitrogen and oxygen atoms in total. The summed E-state index contributed by atoms with van der Waals surface area (Å²) in [5.74, 6) is 0.257. The summed E-state index contributed by atoms with van der Waals surface area (Å²) in [7, 11) is 0. The van der Waals surface area contributed by atoms with Gasteiger partial charge in [-0.3, -0.25) is 0 Å². The van der Waals surface area contributed by atoms with Crippen LogP contribution in [0.4, 0.5) is 4.39 Å². The summed E-state index contributed by atoms with van der Waals surface area (Å²) in [6.07, 6.45) is 5.76. The van der Waals surface area contributed by atoms with Gasteiger partial charge in [-0.25, -0.2) is 14.1 Å². The lowest BCUT2D eigenvalue weighted by atomic mass is 10.1. The molecular weight excluding hydrogens is 339 g/mol. The summed E-state index contributed by atoms with van der Waals surface area (Å²) in [4.78, 5) is 4.46. The van der Waals surface area contributed by atoms with Crippen molar-refractivity contribution in [2.24, 2.45) is 0 Å². The van der Waals surface area contributed by atoms with Crippen molar-refractivity contribution in [3.05, 3.63) is 54.9 Å². The Bertz CT molecular complexity index is 926. The molecule has 0 amide bonds. The molecule has 2 aliphatic heterocycles. The molecule has 0 unspecified atom stereocenters. The van der Waals surface area contributed by atoms with Crippen molar-refractivity contribution in [2.45, 2.75) is 24.4 Å². The van der Waals surface area contributed by atoms with E-state index < -0.39 is 6.10 Å². The predicted octanol–water partition coefficient (Wildman–Crippen LogP) is 1.57. The van der Waals surface area contributed by atoms with Gasteiger partial charge in [0.2, 0.25) is 0 Å². The van der Waals surface area contributed by atoms with Crippen molar-refractivity contribution in [3.63, 3.8) is 0 Å². The summed E-state index contributed by atoms with van der Waals surface area (Å²) >= 11 is 0. The van der Waals surface area contributed by atoms with E-state index in [4.69, 9.17) is 9.47 Å². The molecule has 134 valence electrons. The van der Waals surface area contributed by atoms with Crippen molar-refractivity contribution >= 4 is 0 Å². The molecule has 0 bridgehead atoms. The number of aliphatic hydroxyl groups is 1. The SMILES string of the molecule is O[C@@H]1CO[C@H]2[C@@H]1OC[C@@H]2n1ccnc1-c1cc(F)ccc1-n1cccn1. The topological polar surface area (TPSA) is 74.3 Å². The molecule has 2 fully saturated rings. The molecule has 26 heavy (non-hydrogen) atoms. The summed E-state index contributed by atoms with van der Waals surface area (Å²) in [5, 5.41) is 14.2. The lowest BCUT2D eigenvalue weighted by Gasteiger charge is -2.20. The van der Waals surface area contributed by atoms with E-state index in [1.165, 1.54) is 12.1 Å². The number of imidazole rings is 1. The van der Waals surface area contributed by atoms with E-state index in [1.807, 2.05) is 16.8 Å². The minimum absolute atomic E-state index is 0.136. The standard InChI is InChI=1S/C18H17FN4O3/c19-11-2-3-13(23-6-1-4-21-23)12(8-11)18-20-5-7-22(18)14-9-25-17-15(24)10-26-16(14)17/h1-8,14-17,24H,9-10H2/t14-,15+,16+,17+/m0/s1. The highest BCUT2D eigenvalue weighted by Gasteiger charge is 2.48. The van der Waals surface area contributed by atoms with Crippen LogP contribution in [0, 0.1) is 5.82 Å². The zero-order valence-electron chi connectivity index (χ0n) is 13.8. The van der Waals surface area contributed by atoms with Crippen LogP contribution in [0.5, 0.6) is 0 Å². The van der Waals surface area contributed by atoms with Gasteiger partial charge in [0.25, 0.3) is 0 Å². The van der Waals surface area contributed by atoms with Gasteiger partial charge in [-0.05, 0) is 24.3 Å². The maximum absolute atomic E-state index is 14.0. The van der Waals surface area contributed by atoms with Crippen molar-refractivity contribution in [2.75, 3.05) is 13.2 Å². The number of fused-ring (bicyclic) bond motifs is 1. The zero-order valence-corrected chi connectivity index (χ0v) is 13.8. The van der Waals surface area contributed by atoms with E-state index in [0.29, 0.717) is 18.0 Å². The molecule has 0 saturated carbocycles. The summed E-state index contributed by atoms with van der Waals surface area (Å²) in [6.45, 7) is 0.663. The lowest BCUT2D eigenvalue weighted by Crippen LogP contribution is -2.30. The molecule has 2 aliphatic rings. The number of hydrogen-bond acceptors (Lipinski definition) is 5. The van der Waals surface area contributed by atoms with E-state index in [0.717, 1.165) is 5.69 Å². The number of hydrogen-bond donors (Lipinski definition) is 1. The Morgan fingerprint density at radius 2 is 2.00 bits per heavy atom. The van der Waals surface area contributed by atoms with E-state index in [-0.39, 0.29) is 30.7 Å². The average molecular weight is 356 g/mol. The van der Waals surface area contributed by atoms with E-state index in [9.17, 15) is 9.50 Å². The van der Waals surface area contributed by atoms with Gasteiger partial charge in [-0.2, -0.15) is 5.10 Å². The summed E-state index contributed by atoms with van der Waals surface area (Å²) in [6, 6.07) is 6.21. The number of ether oxygens (including phenoxy) is 2. The molecule has 1 aromatic carbocycles. The number of halogens is 1. The number of benzene rings is 1. The van der Waals surface area contributed by atoms with Crippen molar-refractivity contribution < 1.29 is 19.0 Å². The average Bonchev–Trinajstić information content (AvgIpc) is 3.41. The van der Waals surface area contributed by atoms with Crippen LogP contribution in [-0.2, 0) is 9.47 Å². The Labute approximate surface area is 148 Å². The fraction of sp³-hybridized carbons (Fsp3) is 0.333. The van der Waals surface area contributed by atoms with Crippen molar-refractivity contribution in [1.82, 2.24) is 19.3 Å². The Kier molecular flexibility index (Phi) is 3.63. The van der Waals surface area contributed by atoms with Crippen LogP contribution in [0.1, 0.15) is 6.04 Å². The normalized spacial score (nSPS) is 27.8. The largest absolute Gasteiger partial charge is 0.388 e. The Morgan fingerprint density at radius 1 is 1.12 bits per heavy atom. The second kappa shape index (κ2) is 6.01. The first-order valence-corrected chi connectivity index (χ1v) is 8.46. The first-order chi connectivity index (χ1) is 12.7. The van der Waals surface area contributed by atoms with Gasteiger partial charge in [-0.1, -0.05) is 0 Å². The highest BCUT2D eigenvalue weighted by Crippen LogP contribution is 2.37. The maximum Gasteiger partial charge on any atom is 0.142 e. The van der Waals surface area contributed by atoms with Gasteiger partial charge in [0, 0.05) is 30.4 Å². The van der Waals surface area contributed by atoms with Crippen LogP contribution in [0.25, 0.3) is 17.1 Å². The zero-order chi connectivity index (χ0) is 17.7. The molecule has 2 saturated heterocycles. The van der Waals surface area contributed by atoms with E-state index in [2.05, 4.69) is 10.1 Å². The smallest absolute Gasteiger partial charge is 0.142 e. The fourth-order valence-electron chi connectivity index (χ4n) is 3.79. The molecule has 3 aromatic rings. The quantitative estimate of drug-likeness (QED) is 0.771. The third kappa shape index (κ3) is 2.38. The molecule has 2 aromatic heterocycles. The van der Waals surface area contributed by atoms with Crippen LogP contribution in [0.2, 0.25) is 0 Å². The highest BCUT2D eigenvalue weighted by atomic mass is 19.1. The molecule has 8 heteroatoms. The molecule has 0 spiro atoms. The molecule has 0 radical (unpaired) electrons. The first-order valence-electron chi connectivity index (χ1n) is 8.46.